The largest absolute Gasteiger partial charge is 0.481 e. The molecule has 0 saturated carbocycles. The van der Waals surface area contributed by atoms with Gasteiger partial charge in [-0.2, -0.15) is 11.8 Å². The molecule has 2 N–H and O–H groups in total. The fourth-order valence-electron chi connectivity index (χ4n) is 1.02. The van der Waals surface area contributed by atoms with E-state index >= 15 is 0 Å². The highest BCUT2D eigenvalue weighted by atomic mass is 32.2. The van der Waals surface area contributed by atoms with Crippen molar-refractivity contribution >= 4 is 23.6 Å². The molecule has 15 heavy (non-hydrogen) atoms. The summed E-state index contributed by atoms with van der Waals surface area (Å²) in [5, 5.41) is 11.1. The van der Waals surface area contributed by atoms with Crippen LogP contribution in [0.2, 0.25) is 0 Å². The van der Waals surface area contributed by atoms with Crippen molar-refractivity contribution in [2.45, 2.75) is 33.2 Å². The number of hydrogen-bond acceptors (Lipinski definition) is 3. The predicted octanol–water partition coefficient (Wildman–Crippen LogP) is 1.35. The summed E-state index contributed by atoms with van der Waals surface area (Å²) in [7, 11) is 0. The van der Waals surface area contributed by atoms with Gasteiger partial charge in [-0.3, -0.25) is 9.59 Å². The molecular formula is C10H19NO3S. The lowest BCUT2D eigenvalue weighted by Gasteiger charge is -2.11. The summed E-state index contributed by atoms with van der Waals surface area (Å²) in [6, 6.07) is -0.297. The molecule has 0 fully saturated rings. The van der Waals surface area contributed by atoms with Gasteiger partial charge in [0.2, 0.25) is 5.91 Å². The Balaban J connectivity index is 3.60. The maximum absolute atomic E-state index is 11.3. The summed E-state index contributed by atoms with van der Waals surface area (Å²) in [6.45, 7) is 5.88. The maximum Gasteiger partial charge on any atom is 0.305 e. The number of nitrogens with one attached hydrogen (secondary N) is 1. The minimum absolute atomic E-state index is 0.0272. The first-order chi connectivity index (χ1) is 6.91. The van der Waals surface area contributed by atoms with Crippen LogP contribution < -0.4 is 5.32 Å². The normalized spacial score (nSPS) is 12.5. The van der Waals surface area contributed by atoms with Crippen molar-refractivity contribution in [2.24, 2.45) is 5.92 Å². The monoisotopic (exact) mass is 233 g/mol. The van der Waals surface area contributed by atoms with Gasteiger partial charge in [-0.1, -0.05) is 13.8 Å². The minimum Gasteiger partial charge on any atom is -0.481 e. The third-order valence-electron chi connectivity index (χ3n) is 1.57. The summed E-state index contributed by atoms with van der Waals surface area (Å²) in [5.74, 6) is 0.939. The van der Waals surface area contributed by atoms with Crippen LogP contribution in [-0.4, -0.2) is 34.5 Å². The lowest BCUT2D eigenvalue weighted by atomic mass is 10.2. The van der Waals surface area contributed by atoms with E-state index in [4.69, 9.17) is 5.11 Å². The van der Waals surface area contributed by atoms with E-state index < -0.39 is 5.97 Å². The fourth-order valence-corrected chi connectivity index (χ4v) is 1.87. The summed E-state index contributed by atoms with van der Waals surface area (Å²) in [4.78, 5) is 21.6. The van der Waals surface area contributed by atoms with E-state index in [-0.39, 0.29) is 18.4 Å². The van der Waals surface area contributed by atoms with E-state index in [0.717, 1.165) is 5.75 Å². The van der Waals surface area contributed by atoms with Crippen LogP contribution in [0.3, 0.4) is 0 Å². The highest BCUT2D eigenvalue weighted by Crippen LogP contribution is 2.06. The molecule has 0 bridgehead atoms. The maximum atomic E-state index is 11.3. The Kier molecular flexibility index (Phi) is 7.21. The Labute approximate surface area is 94.8 Å². The average molecular weight is 233 g/mol. The van der Waals surface area contributed by atoms with Crippen LogP contribution in [0.15, 0.2) is 0 Å². The van der Waals surface area contributed by atoms with Crippen LogP contribution in [0.5, 0.6) is 0 Å². The van der Waals surface area contributed by atoms with Gasteiger partial charge in [0.15, 0.2) is 0 Å². The van der Waals surface area contributed by atoms with Gasteiger partial charge >= 0.3 is 5.97 Å². The Bertz CT molecular complexity index is 219. The van der Waals surface area contributed by atoms with E-state index in [9.17, 15) is 9.59 Å². The van der Waals surface area contributed by atoms with Crippen molar-refractivity contribution in [3.8, 4) is 0 Å². The van der Waals surface area contributed by atoms with Crippen LogP contribution in [-0.2, 0) is 9.59 Å². The number of aliphatic carboxylic acids is 1. The van der Waals surface area contributed by atoms with E-state index in [2.05, 4.69) is 19.2 Å². The first-order valence-corrected chi connectivity index (χ1v) is 6.16. The van der Waals surface area contributed by atoms with Crippen LogP contribution in [0.1, 0.15) is 27.2 Å². The zero-order valence-electron chi connectivity index (χ0n) is 9.45. The highest BCUT2D eigenvalue weighted by Gasteiger charge is 2.10. The standard InChI is InChI=1S/C10H19NO3S/c1-7(2)5-15-6-9(12)11-8(3)4-10(13)14/h7-8H,4-6H2,1-3H3,(H,11,12)(H,13,14). The minimum atomic E-state index is -0.891. The van der Waals surface area contributed by atoms with Crippen LogP contribution in [0.25, 0.3) is 0 Å². The molecule has 0 aromatic carbocycles. The van der Waals surface area contributed by atoms with Gasteiger partial charge < -0.3 is 10.4 Å². The summed E-state index contributed by atoms with van der Waals surface area (Å²) in [6.07, 6.45) is -0.0272. The second kappa shape index (κ2) is 7.56. The van der Waals surface area contributed by atoms with Gasteiger partial charge in [-0.05, 0) is 18.6 Å². The van der Waals surface area contributed by atoms with Crippen molar-refractivity contribution in [2.75, 3.05) is 11.5 Å². The van der Waals surface area contributed by atoms with Crippen molar-refractivity contribution < 1.29 is 14.7 Å². The fraction of sp³-hybridized carbons (Fsp3) is 0.800. The highest BCUT2D eigenvalue weighted by molar-refractivity contribution is 7.99. The molecule has 0 aromatic rings. The van der Waals surface area contributed by atoms with Gasteiger partial charge in [-0.25, -0.2) is 0 Å². The molecular weight excluding hydrogens is 214 g/mol. The quantitative estimate of drug-likeness (QED) is 0.696. The smallest absolute Gasteiger partial charge is 0.305 e. The summed E-state index contributed by atoms with van der Waals surface area (Å²) < 4.78 is 0. The zero-order valence-corrected chi connectivity index (χ0v) is 10.3. The van der Waals surface area contributed by atoms with E-state index in [1.807, 2.05) is 0 Å². The average Bonchev–Trinajstić information content (AvgIpc) is 2.00. The lowest BCUT2D eigenvalue weighted by Crippen LogP contribution is -2.35. The molecule has 0 aliphatic carbocycles. The number of thioether (sulfide) groups is 1. The molecule has 0 aromatic heterocycles. The number of carbonyl (C=O) groups excluding carboxylic acids is 1. The molecule has 0 radical (unpaired) electrons. The number of carboxylic acid groups (broad SMARTS) is 1. The first-order valence-electron chi connectivity index (χ1n) is 5.00. The van der Waals surface area contributed by atoms with Gasteiger partial charge in [0.25, 0.3) is 0 Å². The topological polar surface area (TPSA) is 66.4 Å². The zero-order chi connectivity index (χ0) is 11.8. The molecule has 0 heterocycles. The number of hydrogen-bond donors (Lipinski definition) is 2. The lowest BCUT2D eigenvalue weighted by molar-refractivity contribution is -0.137. The molecule has 0 rings (SSSR count). The number of rotatable bonds is 7. The second-order valence-electron chi connectivity index (χ2n) is 3.98. The van der Waals surface area contributed by atoms with Crippen molar-refractivity contribution in [1.82, 2.24) is 5.32 Å². The molecule has 88 valence electrons. The molecule has 1 atom stereocenters. The second-order valence-corrected chi connectivity index (χ2v) is 5.01. The molecule has 1 amide bonds. The molecule has 5 heteroatoms. The predicted molar refractivity (Wildman–Crippen MR) is 62.0 cm³/mol. The Hall–Kier alpha value is -0.710. The van der Waals surface area contributed by atoms with Crippen molar-refractivity contribution in [1.29, 1.82) is 0 Å². The Morgan fingerprint density at radius 3 is 2.40 bits per heavy atom. The van der Waals surface area contributed by atoms with Crippen LogP contribution in [0.4, 0.5) is 0 Å². The SMILES string of the molecule is CC(C)CSCC(=O)NC(C)CC(=O)O. The number of carboxylic acids is 1. The third-order valence-corrected chi connectivity index (χ3v) is 2.94. The molecule has 4 nitrogen and oxygen atoms in total. The molecule has 0 spiro atoms. The molecule has 0 aliphatic rings. The van der Waals surface area contributed by atoms with E-state index in [0.29, 0.717) is 11.7 Å². The summed E-state index contributed by atoms with van der Waals surface area (Å²) in [5.41, 5.74) is 0. The third kappa shape index (κ3) is 9.59. The molecule has 1 unspecified atom stereocenters. The van der Waals surface area contributed by atoms with Gasteiger partial charge in [0.1, 0.15) is 0 Å². The van der Waals surface area contributed by atoms with Crippen LogP contribution in [0, 0.1) is 5.92 Å². The molecule has 0 aliphatic heterocycles. The van der Waals surface area contributed by atoms with Crippen molar-refractivity contribution in [3.05, 3.63) is 0 Å². The van der Waals surface area contributed by atoms with Gasteiger partial charge in [-0.15, -0.1) is 0 Å². The first kappa shape index (κ1) is 14.3. The van der Waals surface area contributed by atoms with Crippen LogP contribution >= 0.6 is 11.8 Å². The summed E-state index contributed by atoms with van der Waals surface area (Å²) >= 11 is 1.57. The van der Waals surface area contributed by atoms with Gasteiger partial charge in [0, 0.05) is 6.04 Å². The van der Waals surface area contributed by atoms with E-state index in [1.54, 1.807) is 18.7 Å². The number of amides is 1. The Morgan fingerprint density at radius 1 is 1.33 bits per heavy atom. The number of carbonyl (C=O) groups is 2. The van der Waals surface area contributed by atoms with Crippen molar-refractivity contribution in [3.63, 3.8) is 0 Å². The molecule has 0 saturated heterocycles. The van der Waals surface area contributed by atoms with Gasteiger partial charge in [0.05, 0.1) is 12.2 Å². The Morgan fingerprint density at radius 2 is 1.93 bits per heavy atom. The van der Waals surface area contributed by atoms with E-state index in [1.165, 1.54) is 0 Å².